The maximum absolute atomic E-state index is 14.3. The van der Waals surface area contributed by atoms with Crippen LogP contribution in [0.5, 0.6) is 0 Å². The Morgan fingerprint density at radius 2 is 1.87 bits per heavy atom. The van der Waals surface area contributed by atoms with E-state index in [4.69, 9.17) is 0 Å². The normalized spacial score (nSPS) is 18.5. The molecule has 2 heterocycles. The number of hydrogen-bond acceptors (Lipinski definition) is 5. The van der Waals surface area contributed by atoms with Crippen LogP contribution in [0.1, 0.15) is 11.1 Å². The van der Waals surface area contributed by atoms with Crippen LogP contribution in [0.25, 0.3) is 10.9 Å². The molecule has 0 saturated heterocycles. The van der Waals surface area contributed by atoms with Crippen LogP contribution in [-0.4, -0.2) is 40.5 Å². The number of benzene rings is 1. The first-order valence-electron chi connectivity index (χ1n) is 6.52. The molecule has 2 aromatic rings. The fourth-order valence-corrected chi connectivity index (χ4v) is 4.79. The predicted molar refractivity (Wildman–Crippen MR) is 87.8 cm³/mol. The van der Waals surface area contributed by atoms with Crippen LogP contribution in [0.2, 0.25) is 0 Å². The standard InChI is InChI=1S/C13H15FN2O4S2.ClH/c1-21(17,18)11-4-3-10(14)13-9(11)5-8-6-15-7-12(16(8)13)22(2,19)20;/h3-5,12,15H,6-7H2,1-2H3;1H. The molecule has 1 aromatic heterocycles. The Hall–Kier alpha value is -1.16. The second kappa shape index (κ2) is 5.73. The van der Waals surface area contributed by atoms with Crippen LogP contribution >= 0.6 is 12.4 Å². The van der Waals surface area contributed by atoms with Gasteiger partial charge < -0.3 is 9.88 Å². The molecule has 0 spiro atoms. The van der Waals surface area contributed by atoms with Gasteiger partial charge in [0, 0.05) is 36.7 Å². The number of rotatable bonds is 2. The van der Waals surface area contributed by atoms with E-state index in [0.717, 1.165) is 18.6 Å². The van der Waals surface area contributed by atoms with Crippen molar-refractivity contribution in [1.29, 1.82) is 0 Å². The molecule has 1 aliphatic rings. The van der Waals surface area contributed by atoms with Crippen molar-refractivity contribution in [2.45, 2.75) is 16.8 Å². The van der Waals surface area contributed by atoms with E-state index in [1.165, 1.54) is 10.6 Å². The maximum atomic E-state index is 14.3. The van der Waals surface area contributed by atoms with Gasteiger partial charge in [0.1, 0.15) is 11.2 Å². The maximum Gasteiger partial charge on any atom is 0.176 e. The van der Waals surface area contributed by atoms with Crippen molar-refractivity contribution in [2.75, 3.05) is 19.1 Å². The molecule has 0 saturated carbocycles. The summed E-state index contributed by atoms with van der Waals surface area (Å²) in [4.78, 5) is -0.00180. The molecule has 1 unspecified atom stereocenters. The quantitative estimate of drug-likeness (QED) is 0.790. The summed E-state index contributed by atoms with van der Waals surface area (Å²) in [7, 11) is -7.03. The predicted octanol–water partition coefficient (Wildman–Crippen LogP) is 1.25. The molecule has 6 nitrogen and oxygen atoms in total. The molecule has 0 fully saturated rings. The summed E-state index contributed by atoms with van der Waals surface area (Å²) in [5, 5.41) is 2.22. The van der Waals surface area contributed by atoms with Gasteiger partial charge in [0.15, 0.2) is 19.7 Å². The number of nitrogens with zero attached hydrogens (tertiary/aromatic N) is 1. The zero-order valence-corrected chi connectivity index (χ0v) is 14.9. The Bertz CT molecular complexity index is 983. The summed E-state index contributed by atoms with van der Waals surface area (Å²) in [6.07, 6.45) is 2.13. The van der Waals surface area contributed by atoms with Crippen molar-refractivity contribution < 1.29 is 21.2 Å². The molecule has 0 bridgehead atoms. The minimum atomic E-state index is -3.55. The fourth-order valence-electron chi connectivity index (χ4n) is 2.87. The van der Waals surface area contributed by atoms with E-state index in [1.54, 1.807) is 6.07 Å². The molecule has 0 radical (unpaired) electrons. The summed E-state index contributed by atoms with van der Waals surface area (Å²) in [5.74, 6) is -0.635. The average molecular weight is 383 g/mol. The minimum Gasteiger partial charge on any atom is -0.322 e. The van der Waals surface area contributed by atoms with Crippen molar-refractivity contribution in [3.05, 3.63) is 29.7 Å². The summed E-state index contributed by atoms with van der Waals surface area (Å²) < 4.78 is 63.4. The highest BCUT2D eigenvalue weighted by atomic mass is 35.5. The largest absolute Gasteiger partial charge is 0.322 e. The van der Waals surface area contributed by atoms with Gasteiger partial charge in [-0.25, -0.2) is 21.2 Å². The lowest BCUT2D eigenvalue weighted by atomic mass is 10.2. The van der Waals surface area contributed by atoms with Gasteiger partial charge in [0.25, 0.3) is 0 Å². The molecule has 0 aliphatic carbocycles. The Balaban J connectivity index is 0.00000192. The zero-order valence-electron chi connectivity index (χ0n) is 12.4. The van der Waals surface area contributed by atoms with E-state index in [-0.39, 0.29) is 34.8 Å². The Morgan fingerprint density at radius 1 is 1.22 bits per heavy atom. The molecule has 0 amide bonds. The first-order chi connectivity index (χ1) is 10.1. The highest BCUT2D eigenvalue weighted by Crippen LogP contribution is 2.34. The molecular weight excluding hydrogens is 367 g/mol. The lowest BCUT2D eigenvalue weighted by Gasteiger charge is -2.26. The van der Waals surface area contributed by atoms with Gasteiger partial charge in [-0.2, -0.15) is 0 Å². The van der Waals surface area contributed by atoms with Crippen LogP contribution in [0.15, 0.2) is 23.1 Å². The topological polar surface area (TPSA) is 85.2 Å². The van der Waals surface area contributed by atoms with Crippen LogP contribution < -0.4 is 5.32 Å². The van der Waals surface area contributed by atoms with Crippen molar-refractivity contribution in [3.8, 4) is 0 Å². The number of nitrogens with one attached hydrogen (secondary N) is 1. The first kappa shape index (κ1) is 18.2. The van der Waals surface area contributed by atoms with Gasteiger partial charge in [-0.1, -0.05) is 0 Å². The molecule has 128 valence electrons. The number of sulfone groups is 2. The second-order valence-electron chi connectivity index (χ2n) is 5.50. The Labute approximate surface area is 139 Å². The summed E-state index contributed by atoms with van der Waals surface area (Å²) in [5.41, 5.74) is 0.571. The highest BCUT2D eigenvalue weighted by Gasteiger charge is 2.31. The molecule has 1 aromatic carbocycles. The Kier molecular flexibility index (Phi) is 4.53. The van der Waals surface area contributed by atoms with Gasteiger partial charge in [-0.3, -0.25) is 0 Å². The Morgan fingerprint density at radius 3 is 2.43 bits per heavy atom. The van der Waals surface area contributed by atoms with Gasteiger partial charge in [0.2, 0.25) is 0 Å². The van der Waals surface area contributed by atoms with E-state index in [0.29, 0.717) is 12.2 Å². The minimum absolute atomic E-state index is 0. The lowest BCUT2D eigenvalue weighted by Crippen LogP contribution is -2.36. The molecule has 1 atom stereocenters. The van der Waals surface area contributed by atoms with Crippen molar-refractivity contribution in [2.24, 2.45) is 0 Å². The molecule has 3 rings (SSSR count). The van der Waals surface area contributed by atoms with E-state index in [9.17, 15) is 21.2 Å². The molecular formula is C13H16ClFN2O4S2. The van der Waals surface area contributed by atoms with Crippen LogP contribution in [0.4, 0.5) is 4.39 Å². The van der Waals surface area contributed by atoms with E-state index >= 15 is 0 Å². The zero-order chi connectivity index (χ0) is 16.3. The molecule has 1 aliphatic heterocycles. The summed E-state index contributed by atoms with van der Waals surface area (Å²) >= 11 is 0. The third kappa shape index (κ3) is 2.98. The van der Waals surface area contributed by atoms with Crippen molar-refractivity contribution >= 4 is 43.0 Å². The van der Waals surface area contributed by atoms with Crippen molar-refractivity contribution in [3.63, 3.8) is 0 Å². The fraction of sp³-hybridized carbons (Fsp3) is 0.385. The third-order valence-electron chi connectivity index (χ3n) is 3.80. The third-order valence-corrected chi connectivity index (χ3v) is 6.32. The number of halogens is 2. The van der Waals surface area contributed by atoms with Crippen LogP contribution in [0.3, 0.4) is 0 Å². The number of hydrogen-bond donors (Lipinski definition) is 1. The lowest BCUT2D eigenvalue weighted by molar-refractivity contribution is 0.475. The van der Waals surface area contributed by atoms with Gasteiger partial charge in [-0.15, -0.1) is 12.4 Å². The van der Waals surface area contributed by atoms with Gasteiger partial charge >= 0.3 is 0 Å². The first-order valence-corrected chi connectivity index (χ1v) is 10.4. The molecule has 10 heteroatoms. The van der Waals surface area contributed by atoms with Crippen molar-refractivity contribution in [1.82, 2.24) is 9.88 Å². The van der Waals surface area contributed by atoms with Crippen LogP contribution in [-0.2, 0) is 26.2 Å². The highest BCUT2D eigenvalue weighted by molar-refractivity contribution is 7.91. The average Bonchev–Trinajstić information content (AvgIpc) is 2.75. The number of aromatic nitrogens is 1. The van der Waals surface area contributed by atoms with E-state index in [2.05, 4.69) is 5.32 Å². The van der Waals surface area contributed by atoms with E-state index < -0.39 is 30.9 Å². The van der Waals surface area contributed by atoms with E-state index in [1.807, 2.05) is 0 Å². The molecule has 1 N–H and O–H groups in total. The number of fused-ring (bicyclic) bond motifs is 3. The SMILES string of the molecule is CS(=O)(=O)c1ccc(F)c2c1cc1n2C(S(C)(=O)=O)CNC1.Cl. The monoisotopic (exact) mass is 382 g/mol. The molecule has 23 heavy (non-hydrogen) atoms. The van der Waals surface area contributed by atoms with Gasteiger partial charge in [-0.05, 0) is 18.2 Å². The van der Waals surface area contributed by atoms with Gasteiger partial charge in [0.05, 0.1) is 10.4 Å². The second-order valence-corrected chi connectivity index (χ2v) is 9.69. The smallest absolute Gasteiger partial charge is 0.176 e. The summed E-state index contributed by atoms with van der Waals surface area (Å²) in [6, 6.07) is 3.81. The summed E-state index contributed by atoms with van der Waals surface area (Å²) in [6.45, 7) is 0.501. The van der Waals surface area contributed by atoms with Crippen LogP contribution in [0, 0.1) is 5.82 Å².